The minimum absolute atomic E-state index is 0.0531. The highest BCUT2D eigenvalue weighted by Crippen LogP contribution is 2.30. The number of amides is 1. The number of aromatic nitrogens is 2. The summed E-state index contributed by atoms with van der Waals surface area (Å²) in [6.07, 6.45) is 1.83. The minimum atomic E-state index is -0.563. The van der Waals surface area contributed by atoms with Crippen LogP contribution in [0.25, 0.3) is 11.4 Å². The first-order chi connectivity index (χ1) is 11.9. The highest BCUT2D eigenvalue weighted by Gasteiger charge is 2.35. The van der Waals surface area contributed by atoms with E-state index in [2.05, 4.69) is 10.1 Å². The van der Waals surface area contributed by atoms with E-state index in [1.165, 1.54) is 0 Å². The summed E-state index contributed by atoms with van der Waals surface area (Å²) in [7, 11) is 0. The molecule has 3 rings (SSSR count). The molecule has 0 bridgehead atoms. The number of nitrogens with zero attached hydrogens (tertiary/aromatic N) is 3. The van der Waals surface area contributed by atoms with Gasteiger partial charge < -0.3 is 9.42 Å². The third-order valence-electron chi connectivity index (χ3n) is 4.52. The Hall–Kier alpha value is -1.59. The molecule has 5 nitrogen and oxygen atoms in total. The fraction of sp³-hybridized carbons (Fsp3) is 0.500. The lowest BCUT2D eigenvalue weighted by Gasteiger charge is -2.35. The van der Waals surface area contributed by atoms with Crippen molar-refractivity contribution in [3.05, 3.63) is 35.2 Å². The van der Waals surface area contributed by atoms with E-state index in [9.17, 15) is 4.79 Å². The number of hydrogen-bond acceptors (Lipinski definition) is 4. The SMILES string of the molecule is CC(C)(CCl)C(=O)N1CCC[C@H](c2nc(-c3ccc(Cl)cc3)no2)C1. The maximum absolute atomic E-state index is 12.6. The number of halogens is 2. The lowest BCUT2D eigenvalue weighted by atomic mass is 9.91. The zero-order valence-corrected chi connectivity index (χ0v) is 15.8. The van der Waals surface area contributed by atoms with E-state index < -0.39 is 5.41 Å². The van der Waals surface area contributed by atoms with Crippen molar-refractivity contribution in [2.75, 3.05) is 19.0 Å². The predicted octanol–water partition coefficient (Wildman–Crippen LogP) is 4.36. The van der Waals surface area contributed by atoms with E-state index in [-0.39, 0.29) is 11.8 Å². The van der Waals surface area contributed by atoms with Gasteiger partial charge in [-0.1, -0.05) is 16.8 Å². The van der Waals surface area contributed by atoms with Crippen molar-refractivity contribution in [3.63, 3.8) is 0 Å². The molecule has 1 aromatic carbocycles. The molecule has 134 valence electrons. The van der Waals surface area contributed by atoms with Gasteiger partial charge in [0.2, 0.25) is 17.6 Å². The zero-order chi connectivity index (χ0) is 18.0. The van der Waals surface area contributed by atoms with Gasteiger partial charge >= 0.3 is 0 Å². The van der Waals surface area contributed by atoms with Crippen molar-refractivity contribution in [1.82, 2.24) is 15.0 Å². The molecule has 0 saturated carbocycles. The maximum Gasteiger partial charge on any atom is 0.231 e. The van der Waals surface area contributed by atoms with Crippen LogP contribution in [0.15, 0.2) is 28.8 Å². The molecule has 1 aliphatic rings. The van der Waals surface area contributed by atoms with Crippen molar-refractivity contribution < 1.29 is 9.32 Å². The Morgan fingerprint density at radius 3 is 2.76 bits per heavy atom. The maximum atomic E-state index is 12.6. The standard InChI is InChI=1S/C18H21Cl2N3O2/c1-18(2,11-19)17(24)23-9-3-4-13(10-23)16-21-15(22-25-16)12-5-7-14(20)8-6-12/h5-8,13H,3-4,9-11H2,1-2H3/t13-/m0/s1. The second-order valence-corrected chi connectivity index (χ2v) is 7.77. The third-order valence-corrected chi connectivity index (χ3v) is 5.44. The fourth-order valence-corrected chi connectivity index (χ4v) is 3.21. The summed E-state index contributed by atoms with van der Waals surface area (Å²) >= 11 is 11.9. The van der Waals surface area contributed by atoms with E-state index in [4.69, 9.17) is 27.7 Å². The summed E-state index contributed by atoms with van der Waals surface area (Å²) < 4.78 is 5.47. The summed E-state index contributed by atoms with van der Waals surface area (Å²) in [6, 6.07) is 7.30. The summed E-state index contributed by atoms with van der Waals surface area (Å²) in [5.41, 5.74) is 0.290. The van der Waals surface area contributed by atoms with E-state index in [0.717, 1.165) is 24.9 Å². The molecular weight excluding hydrogens is 361 g/mol. The first kappa shape index (κ1) is 18.2. The molecule has 1 amide bonds. The van der Waals surface area contributed by atoms with Crippen molar-refractivity contribution in [2.24, 2.45) is 5.41 Å². The van der Waals surface area contributed by atoms with Crippen LogP contribution < -0.4 is 0 Å². The van der Waals surface area contributed by atoms with Gasteiger partial charge in [0.25, 0.3) is 0 Å². The van der Waals surface area contributed by atoms with Crippen LogP contribution in [0.3, 0.4) is 0 Å². The van der Waals surface area contributed by atoms with Gasteiger partial charge in [-0.05, 0) is 51.0 Å². The van der Waals surface area contributed by atoms with Gasteiger partial charge in [0, 0.05) is 29.6 Å². The molecule has 7 heteroatoms. The van der Waals surface area contributed by atoms with Crippen molar-refractivity contribution in [2.45, 2.75) is 32.6 Å². The highest BCUT2D eigenvalue weighted by molar-refractivity contribution is 6.30. The van der Waals surface area contributed by atoms with Gasteiger partial charge in [-0.3, -0.25) is 4.79 Å². The van der Waals surface area contributed by atoms with Crippen molar-refractivity contribution in [3.8, 4) is 11.4 Å². The molecule has 25 heavy (non-hydrogen) atoms. The Balaban J connectivity index is 1.74. The third kappa shape index (κ3) is 3.98. The van der Waals surface area contributed by atoms with E-state index in [1.54, 1.807) is 12.1 Å². The quantitative estimate of drug-likeness (QED) is 0.738. The number of piperidine rings is 1. The van der Waals surface area contributed by atoms with E-state index >= 15 is 0 Å². The molecule has 0 aliphatic carbocycles. The Morgan fingerprint density at radius 2 is 2.08 bits per heavy atom. The summed E-state index contributed by atoms with van der Waals surface area (Å²) in [5, 5.41) is 4.74. The van der Waals surface area contributed by atoms with Crippen LogP contribution in [0.2, 0.25) is 5.02 Å². The fourth-order valence-electron chi connectivity index (χ4n) is 2.97. The monoisotopic (exact) mass is 381 g/mol. The second kappa shape index (κ2) is 7.34. The normalized spacial score (nSPS) is 18.4. The van der Waals surface area contributed by atoms with Crippen molar-refractivity contribution >= 4 is 29.1 Å². The molecule has 1 aromatic heterocycles. The number of benzene rings is 1. The first-order valence-corrected chi connectivity index (χ1v) is 9.27. The number of rotatable bonds is 4. The topological polar surface area (TPSA) is 59.2 Å². The Bertz CT molecular complexity index is 743. The average molecular weight is 382 g/mol. The van der Waals surface area contributed by atoms with Gasteiger partial charge in [-0.15, -0.1) is 11.6 Å². The molecule has 1 atom stereocenters. The zero-order valence-electron chi connectivity index (χ0n) is 14.3. The Labute approximate surface area is 157 Å². The van der Waals surface area contributed by atoms with Gasteiger partial charge in [0.1, 0.15) is 0 Å². The number of likely N-dealkylation sites (tertiary alicyclic amines) is 1. The molecule has 1 fully saturated rings. The number of carbonyl (C=O) groups is 1. The summed E-state index contributed by atoms with van der Waals surface area (Å²) in [5.74, 6) is 1.54. The van der Waals surface area contributed by atoms with Gasteiger partial charge in [0.05, 0.1) is 11.3 Å². The number of alkyl halides is 1. The predicted molar refractivity (Wildman–Crippen MR) is 97.8 cm³/mol. The Kier molecular flexibility index (Phi) is 5.35. The number of hydrogen-bond donors (Lipinski definition) is 0. The molecule has 0 radical (unpaired) electrons. The molecule has 0 spiro atoms. The average Bonchev–Trinajstić information content (AvgIpc) is 3.12. The van der Waals surface area contributed by atoms with Gasteiger partial charge in [-0.2, -0.15) is 4.98 Å². The summed E-state index contributed by atoms with van der Waals surface area (Å²) in [4.78, 5) is 19.0. The van der Waals surface area contributed by atoms with E-state index in [1.807, 2.05) is 30.9 Å². The summed E-state index contributed by atoms with van der Waals surface area (Å²) in [6.45, 7) is 5.07. The Morgan fingerprint density at radius 1 is 1.36 bits per heavy atom. The van der Waals surface area contributed by atoms with E-state index in [0.29, 0.717) is 29.2 Å². The molecule has 1 saturated heterocycles. The lowest BCUT2D eigenvalue weighted by molar-refractivity contribution is -0.140. The molecule has 0 unspecified atom stereocenters. The van der Waals surface area contributed by atoms with Crippen molar-refractivity contribution in [1.29, 1.82) is 0 Å². The van der Waals surface area contributed by atoms with Crippen LogP contribution in [0.4, 0.5) is 0 Å². The van der Waals surface area contributed by atoms with Gasteiger partial charge in [0.15, 0.2) is 0 Å². The van der Waals surface area contributed by atoms with Crippen LogP contribution in [-0.2, 0) is 4.79 Å². The highest BCUT2D eigenvalue weighted by atomic mass is 35.5. The molecule has 2 aromatic rings. The van der Waals surface area contributed by atoms with Crippen LogP contribution in [0, 0.1) is 5.41 Å². The van der Waals surface area contributed by atoms with Crippen LogP contribution in [0.5, 0.6) is 0 Å². The molecule has 0 N–H and O–H groups in total. The largest absolute Gasteiger partial charge is 0.341 e. The lowest BCUT2D eigenvalue weighted by Crippen LogP contribution is -2.46. The minimum Gasteiger partial charge on any atom is -0.341 e. The number of carbonyl (C=O) groups excluding carboxylic acids is 1. The smallest absolute Gasteiger partial charge is 0.231 e. The van der Waals surface area contributed by atoms with Crippen LogP contribution >= 0.6 is 23.2 Å². The van der Waals surface area contributed by atoms with Crippen LogP contribution in [-0.4, -0.2) is 39.9 Å². The first-order valence-electron chi connectivity index (χ1n) is 8.35. The molecule has 1 aliphatic heterocycles. The van der Waals surface area contributed by atoms with Gasteiger partial charge in [-0.25, -0.2) is 0 Å². The molecular formula is C18H21Cl2N3O2. The second-order valence-electron chi connectivity index (χ2n) is 7.07. The molecule has 2 heterocycles. The van der Waals surface area contributed by atoms with Crippen LogP contribution in [0.1, 0.15) is 38.5 Å².